The average Bonchev–Trinajstić information content (AvgIpc) is 3.00. The Balaban J connectivity index is 1.61. The largest absolute Gasteiger partial charge is 0.369 e. The highest BCUT2D eigenvalue weighted by molar-refractivity contribution is 7.89. The van der Waals surface area contributed by atoms with Crippen LogP contribution in [-0.4, -0.2) is 46.2 Å². The molecule has 0 aliphatic rings. The normalized spacial score (nSPS) is 11.5. The van der Waals surface area contributed by atoms with E-state index in [0.717, 1.165) is 0 Å². The molecule has 0 amide bonds. The molecule has 0 bridgehead atoms. The maximum Gasteiger partial charge on any atom is 0.244 e. The molecule has 160 valence electrons. The molecule has 0 unspecified atom stereocenters. The predicted molar refractivity (Wildman–Crippen MR) is 115 cm³/mol. The number of nitrogens with one attached hydrogen (secondary N) is 3. The van der Waals surface area contributed by atoms with Crippen molar-refractivity contribution in [3.05, 3.63) is 47.7 Å². The Labute approximate surface area is 176 Å². The maximum atomic E-state index is 12.7. The number of rotatable bonds is 9. The third-order valence-corrected chi connectivity index (χ3v) is 6.08. The minimum Gasteiger partial charge on any atom is -0.369 e. The van der Waals surface area contributed by atoms with Crippen LogP contribution in [0.2, 0.25) is 0 Å². The monoisotopic (exact) mass is 430 g/mol. The van der Waals surface area contributed by atoms with Gasteiger partial charge in [-0.1, -0.05) is 6.07 Å². The number of nitrogens with zero attached hydrogens (tertiary/aromatic N) is 5. The van der Waals surface area contributed by atoms with Crippen molar-refractivity contribution >= 4 is 27.5 Å². The Bertz CT molecular complexity index is 1110. The number of aromatic nitrogens is 5. The van der Waals surface area contributed by atoms with Gasteiger partial charge in [-0.05, 0) is 39.8 Å². The van der Waals surface area contributed by atoms with Gasteiger partial charge in [0.1, 0.15) is 28.2 Å². The van der Waals surface area contributed by atoms with Gasteiger partial charge in [0.15, 0.2) is 0 Å². The first kappa shape index (κ1) is 21.7. The molecular formula is C19H26N8O2S. The maximum absolute atomic E-state index is 12.7. The first-order valence-electron chi connectivity index (χ1n) is 9.61. The molecule has 0 radical (unpaired) electrons. The molecule has 0 aromatic carbocycles. The highest BCUT2D eigenvalue weighted by atomic mass is 32.2. The van der Waals surface area contributed by atoms with Gasteiger partial charge in [0.25, 0.3) is 0 Å². The standard InChI is InChI=1S/C19H26N8O2S/c1-5-27-14(3)19(13(2)26-27)30(28,29)22-11-10-21-17-12-18(24-15(4)23-17)25-16-8-6-7-9-20-16/h6-9,12,22H,5,10-11H2,1-4H3,(H2,20,21,23,24,25). The van der Waals surface area contributed by atoms with E-state index in [-0.39, 0.29) is 11.4 Å². The molecule has 3 rings (SSSR count). The van der Waals surface area contributed by atoms with Crippen molar-refractivity contribution in [1.82, 2.24) is 29.5 Å². The summed E-state index contributed by atoms with van der Waals surface area (Å²) in [6, 6.07) is 7.29. The molecule has 3 N–H and O–H groups in total. The van der Waals surface area contributed by atoms with E-state index in [4.69, 9.17) is 0 Å². The third-order valence-electron chi connectivity index (χ3n) is 4.37. The van der Waals surface area contributed by atoms with Crippen LogP contribution in [0.5, 0.6) is 0 Å². The highest BCUT2D eigenvalue weighted by Gasteiger charge is 2.23. The van der Waals surface area contributed by atoms with Crippen LogP contribution in [0.3, 0.4) is 0 Å². The van der Waals surface area contributed by atoms with Crippen molar-refractivity contribution in [3.63, 3.8) is 0 Å². The Morgan fingerprint density at radius 2 is 1.80 bits per heavy atom. The molecule has 0 spiro atoms. The number of hydrogen-bond acceptors (Lipinski definition) is 8. The molecule has 0 atom stereocenters. The minimum atomic E-state index is -3.65. The number of pyridine rings is 1. The predicted octanol–water partition coefficient (Wildman–Crippen LogP) is 2.15. The van der Waals surface area contributed by atoms with Crippen molar-refractivity contribution in [2.24, 2.45) is 0 Å². The van der Waals surface area contributed by atoms with E-state index in [2.05, 4.69) is 35.4 Å². The fourth-order valence-corrected chi connectivity index (χ4v) is 4.55. The first-order chi connectivity index (χ1) is 14.3. The van der Waals surface area contributed by atoms with E-state index in [1.165, 1.54) is 0 Å². The quantitative estimate of drug-likeness (QED) is 0.441. The lowest BCUT2D eigenvalue weighted by molar-refractivity contribution is 0.580. The molecule has 11 heteroatoms. The topological polar surface area (TPSA) is 127 Å². The molecule has 0 saturated heterocycles. The smallest absolute Gasteiger partial charge is 0.244 e. The number of anilines is 3. The van der Waals surface area contributed by atoms with Crippen molar-refractivity contribution in [2.45, 2.75) is 39.1 Å². The van der Waals surface area contributed by atoms with Crippen LogP contribution < -0.4 is 15.4 Å². The minimum absolute atomic E-state index is 0.199. The number of aryl methyl sites for hydroxylation is 3. The molecule has 0 aliphatic heterocycles. The second-order valence-electron chi connectivity index (χ2n) is 6.67. The molecular weight excluding hydrogens is 404 g/mol. The first-order valence-corrected chi connectivity index (χ1v) is 11.1. The van der Waals surface area contributed by atoms with Gasteiger partial charge in [-0.15, -0.1) is 0 Å². The van der Waals surface area contributed by atoms with Crippen LogP contribution in [-0.2, 0) is 16.6 Å². The molecule has 3 aromatic rings. The van der Waals surface area contributed by atoms with E-state index >= 15 is 0 Å². The number of sulfonamides is 1. The number of hydrogen-bond donors (Lipinski definition) is 3. The third kappa shape index (κ3) is 5.10. The van der Waals surface area contributed by atoms with Crippen molar-refractivity contribution in [2.75, 3.05) is 23.7 Å². The Morgan fingerprint density at radius 3 is 2.47 bits per heavy atom. The zero-order valence-corrected chi connectivity index (χ0v) is 18.3. The molecule has 3 heterocycles. The second kappa shape index (κ2) is 9.18. The molecule has 10 nitrogen and oxygen atoms in total. The van der Waals surface area contributed by atoms with Crippen LogP contribution in [0.4, 0.5) is 17.5 Å². The second-order valence-corrected chi connectivity index (χ2v) is 8.37. The summed E-state index contributed by atoms with van der Waals surface area (Å²) in [6.07, 6.45) is 1.69. The van der Waals surface area contributed by atoms with Crippen LogP contribution in [0.25, 0.3) is 0 Å². The van der Waals surface area contributed by atoms with E-state index in [0.29, 0.717) is 47.8 Å². The summed E-state index contributed by atoms with van der Waals surface area (Å²) in [5, 5.41) is 10.5. The van der Waals surface area contributed by atoms with Crippen molar-refractivity contribution in [1.29, 1.82) is 0 Å². The summed E-state index contributed by atoms with van der Waals surface area (Å²) < 4.78 is 29.7. The summed E-state index contributed by atoms with van der Waals surface area (Å²) >= 11 is 0. The van der Waals surface area contributed by atoms with Gasteiger partial charge in [0.05, 0.1) is 11.4 Å². The van der Waals surface area contributed by atoms with Crippen LogP contribution in [0.1, 0.15) is 24.1 Å². The lowest BCUT2D eigenvalue weighted by atomic mass is 10.4. The average molecular weight is 431 g/mol. The summed E-state index contributed by atoms with van der Waals surface area (Å²) in [5.41, 5.74) is 1.12. The van der Waals surface area contributed by atoms with E-state index in [1.807, 2.05) is 25.1 Å². The zero-order chi connectivity index (χ0) is 21.7. The molecule has 30 heavy (non-hydrogen) atoms. The Kier molecular flexibility index (Phi) is 6.63. The van der Waals surface area contributed by atoms with Gasteiger partial charge < -0.3 is 10.6 Å². The summed E-state index contributed by atoms with van der Waals surface area (Å²) in [5.74, 6) is 2.44. The van der Waals surface area contributed by atoms with Gasteiger partial charge in [-0.3, -0.25) is 4.68 Å². The fraction of sp³-hybridized carbons (Fsp3) is 0.368. The summed E-state index contributed by atoms with van der Waals surface area (Å²) in [7, 11) is -3.65. The van der Waals surface area contributed by atoms with Crippen LogP contribution in [0, 0.1) is 20.8 Å². The fourth-order valence-electron chi connectivity index (χ4n) is 3.12. The molecule has 0 fully saturated rings. The van der Waals surface area contributed by atoms with Crippen LogP contribution >= 0.6 is 0 Å². The molecule has 3 aromatic heterocycles. The Hall–Kier alpha value is -3.05. The van der Waals surface area contributed by atoms with Gasteiger partial charge in [0, 0.05) is 31.9 Å². The lowest BCUT2D eigenvalue weighted by Crippen LogP contribution is -2.29. The summed E-state index contributed by atoms with van der Waals surface area (Å²) in [6.45, 7) is 8.35. The van der Waals surface area contributed by atoms with E-state index < -0.39 is 10.0 Å². The zero-order valence-electron chi connectivity index (χ0n) is 17.5. The molecule has 0 saturated carbocycles. The van der Waals surface area contributed by atoms with Crippen molar-refractivity contribution < 1.29 is 8.42 Å². The lowest BCUT2D eigenvalue weighted by Gasteiger charge is -2.11. The molecule has 0 aliphatic carbocycles. The van der Waals surface area contributed by atoms with Gasteiger partial charge in [-0.2, -0.15) is 5.10 Å². The Morgan fingerprint density at radius 1 is 1.03 bits per heavy atom. The van der Waals surface area contributed by atoms with E-state index in [1.54, 1.807) is 37.7 Å². The highest BCUT2D eigenvalue weighted by Crippen LogP contribution is 2.19. The summed E-state index contributed by atoms with van der Waals surface area (Å²) in [4.78, 5) is 13.1. The van der Waals surface area contributed by atoms with Crippen LogP contribution in [0.15, 0.2) is 35.4 Å². The SMILES string of the molecule is CCn1nc(C)c(S(=O)(=O)NCCNc2cc(Nc3ccccn3)nc(C)n2)c1C. The van der Waals surface area contributed by atoms with Gasteiger partial charge in [0.2, 0.25) is 10.0 Å². The van der Waals surface area contributed by atoms with Gasteiger partial charge in [-0.25, -0.2) is 28.1 Å². The van der Waals surface area contributed by atoms with Crippen molar-refractivity contribution in [3.8, 4) is 0 Å². The van der Waals surface area contributed by atoms with Gasteiger partial charge >= 0.3 is 0 Å². The van der Waals surface area contributed by atoms with E-state index in [9.17, 15) is 8.42 Å².